The first-order chi connectivity index (χ1) is 10.1. The quantitative estimate of drug-likeness (QED) is 0.626. The molecule has 21 heavy (non-hydrogen) atoms. The first-order valence-corrected chi connectivity index (χ1v) is 9.30. The predicted molar refractivity (Wildman–Crippen MR) is 87.1 cm³/mol. The van der Waals surface area contributed by atoms with Gasteiger partial charge >= 0.3 is 5.97 Å². The van der Waals surface area contributed by atoms with Crippen molar-refractivity contribution in [2.45, 2.75) is 97.0 Å². The SMILES string of the molecule is CCC(C)C(=O)OC(C)(C1CCCCC1)C1CCCCC1. The van der Waals surface area contributed by atoms with Gasteiger partial charge in [0.2, 0.25) is 0 Å². The van der Waals surface area contributed by atoms with E-state index in [1.165, 1.54) is 64.2 Å². The van der Waals surface area contributed by atoms with Crippen LogP contribution in [0.3, 0.4) is 0 Å². The van der Waals surface area contributed by atoms with Crippen molar-refractivity contribution in [3.8, 4) is 0 Å². The largest absolute Gasteiger partial charge is 0.459 e. The highest BCUT2D eigenvalue weighted by Crippen LogP contribution is 2.45. The molecule has 0 amide bonds. The second kappa shape index (κ2) is 7.65. The molecule has 2 aliphatic carbocycles. The summed E-state index contributed by atoms with van der Waals surface area (Å²) in [5.41, 5.74) is -0.207. The number of esters is 1. The second-order valence-corrected chi connectivity index (χ2v) is 7.58. The number of carbonyl (C=O) groups is 1. The van der Waals surface area contributed by atoms with E-state index in [0.717, 1.165) is 6.42 Å². The molecule has 2 rings (SSSR count). The summed E-state index contributed by atoms with van der Waals surface area (Å²) >= 11 is 0. The van der Waals surface area contributed by atoms with Gasteiger partial charge in [0.1, 0.15) is 5.60 Å². The number of ether oxygens (including phenoxy) is 1. The zero-order valence-corrected chi connectivity index (χ0v) is 14.3. The maximum absolute atomic E-state index is 12.5. The maximum atomic E-state index is 12.5. The highest BCUT2D eigenvalue weighted by atomic mass is 16.6. The molecule has 2 aliphatic rings. The van der Waals surface area contributed by atoms with Gasteiger partial charge in [-0.1, -0.05) is 52.4 Å². The minimum absolute atomic E-state index is 0.0381. The van der Waals surface area contributed by atoms with Crippen molar-refractivity contribution >= 4 is 5.97 Å². The Morgan fingerprint density at radius 2 is 1.43 bits per heavy atom. The van der Waals surface area contributed by atoms with Crippen molar-refractivity contribution in [1.82, 2.24) is 0 Å². The van der Waals surface area contributed by atoms with Crippen LogP contribution in [0.25, 0.3) is 0 Å². The van der Waals surface area contributed by atoms with E-state index in [2.05, 4.69) is 13.8 Å². The van der Waals surface area contributed by atoms with Gasteiger partial charge in [-0.05, 0) is 50.9 Å². The van der Waals surface area contributed by atoms with Crippen molar-refractivity contribution in [2.24, 2.45) is 17.8 Å². The van der Waals surface area contributed by atoms with Gasteiger partial charge in [-0.3, -0.25) is 4.79 Å². The molecule has 0 heterocycles. The third kappa shape index (κ3) is 4.02. The number of carbonyl (C=O) groups excluding carboxylic acids is 1. The molecule has 0 N–H and O–H groups in total. The van der Waals surface area contributed by atoms with Gasteiger partial charge in [-0.25, -0.2) is 0 Å². The Bertz CT molecular complexity index is 306. The lowest BCUT2D eigenvalue weighted by molar-refractivity contribution is -0.181. The average molecular weight is 294 g/mol. The van der Waals surface area contributed by atoms with E-state index < -0.39 is 0 Å². The molecule has 0 saturated heterocycles. The minimum Gasteiger partial charge on any atom is -0.459 e. The Kier molecular flexibility index (Phi) is 6.13. The fraction of sp³-hybridized carbons (Fsp3) is 0.947. The van der Waals surface area contributed by atoms with Crippen molar-refractivity contribution < 1.29 is 9.53 Å². The molecule has 1 atom stereocenters. The first-order valence-electron chi connectivity index (χ1n) is 9.30. The van der Waals surface area contributed by atoms with Gasteiger partial charge < -0.3 is 4.74 Å². The lowest BCUT2D eigenvalue weighted by Gasteiger charge is -2.46. The summed E-state index contributed by atoms with van der Waals surface area (Å²) in [4.78, 5) is 12.5. The van der Waals surface area contributed by atoms with E-state index in [0.29, 0.717) is 11.8 Å². The molecule has 1 unspecified atom stereocenters. The van der Waals surface area contributed by atoms with Gasteiger partial charge in [0, 0.05) is 0 Å². The summed E-state index contributed by atoms with van der Waals surface area (Å²) in [5, 5.41) is 0. The zero-order valence-electron chi connectivity index (χ0n) is 14.3. The van der Waals surface area contributed by atoms with Crippen LogP contribution in [0.5, 0.6) is 0 Å². The molecule has 2 heteroatoms. The highest BCUT2D eigenvalue weighted by Gasteiger charge is 2.45. The number of hydrogen-bond donors (Lipinski definition) is 0. The summed E-state index contributed by atoms with van der Waals surface area (Å²) in [7, 11) is 0. The van der Waals surface area contributed by atoms with E-state index in [4.69, 9.17) is 4.74 Å². The molecule has 0 aromatic heterocycles. The van der Waals surface area contributed by atoms with Crippen LogP contribution in [-0.4, -0.2) is 11.6 Å². The molecule has 2 fully saturated rings. The molecule has 0 aromatic carbocycles. The smallest absolute Gasteiger partial charge is 0.309 e. The summed E-state index contributed by atoms with van der Waals surface area (Å²) in [5.74, 6) is 1.25. The summed E-state index contributed by atoms with van der Waals surface area (Å²) in [6.07, 6.45) is 13.9. The lowest BCUT2D eigenvalue weighted by atomic mass is 9.67. The van der Waals surface area contributed by atoms with E-state index in [9.17, 15) is 4.79 Å². The van der Waals surface area contributed by atoms with Gasteiger partial charge in [0.05, 0.1) is 5.92 Å². The third-order valence-electron chi connectivity index (χ3n) is 6.17. The molecule has 0 radical (unpaired) electrons. The molecule has 2 saturated carbocycles. The highest BCUT2D eigenvalue weighted by molar-refractivity contribution is 5.72. The van der Waals surface area contributed by atoms with Gasteiger partial charge in [0.25, 0.3) is 0 Å². The van der Waals surface area contributed by atoms with Crippen LogP contribution < -0.4 is 0 Å². The number of hydrogen-bond acceptors (Lipinski definition) is 2. The lowest BCUT2D eigenvalue weighted by Crippen LogP contribution is -2.48. The zero-order chi connectivity index (χ0) is 15.3. The first kappa shape index (κ1) is 16.8. The molecule has 0 aliphatic heterocycles. The van der Waals surface area contributed by atoms with Crippen LogP contribution in [0.2, 0.25) is 0 Å². The van der Waals surface area contributed by atoms with Crippen LogP contribution in [0.1, 0.15) is 91.4 Å². The molecule has 0 spiro atoms. The average Bonchev–Trinajstić information content (AvgIpc) is 2.55. The molecular formula is C19H34O2. The summed E-state index contributed by atoms with van der Waals surface area (Å²) < 4.78 is 6.23. The van der Waals surface area contributed by atoms with Crippen LogP contribution in [-0.2, 0) is 9.53 Å². The van der Waals surface area contributed by atoms with E-state index in [-0.39, 0.29) is 17.5 Å². The Morgan fingerprint density at radius 3 is 1.81 bits per heavy atom. The third-order valence-corrected chi connectivity index (χ3v) is 6.17. The topological polar surface area (TPSA) is 26.3 Å². The second-order valence-electron chi connectivity index (χ2n) is 7.58. The minimum atomic E-state index is -0.207. The Hall–Kier alpha value is -0.530. The molecule has 0 aromatic rings. The monoisotopic (exact) mass is 294 g/mol. The predicted octanol–water partition coefficient (Wildman–Crippen LogP) is 5.50. The maximum Gasteiger partial charge on any atom is 0.309 e. The van der Waals surface area contributed by atoms with Crippen LogP contribution in [0.4, 0.5) is 0 Å². The van der Waals surface area contributed by atoms with Crippen molar-refractivity contribution in [2.75, 3.05) is 0 Å². The van der Waals surface area contributed by atoms with Gasteiger partial charge in [-0.15, -0.1) is 0 Å². The van der Waals surface area contributed by atoms with Crippen molar-refractivity contribution in [3.05, 3.63) is 0 Å². The van der Waals surface area contributed by atoms with Crippen LogP contribution in [0, 0.1) is 17.8 Å². The Balaban J connectivity index is 2.13. The fourth-order valence-corrected chi connectivity index (χ4v) is 4.34. The summed E-state index contributed by atoms with van der Waals surface area (Å²) in [6, 6.07) is 0. The van der Waals surface area contributed by atoms with E-state index >= 15 is 0 Å². The summed E-state index contributed by atoms with van der Waals surface area (Å²) in [6.45, 7) is 6.34. The molecular weight excluding hydrogens is 260 g/mol. The normalized spacial score (nSPS) is 23.8. The fourth-order valence-electron chi connectivity index (χ4n) is 4.34. The van der Waals surface area contributed by atoms with E-state index in [1.54, 1.807) is 0 Å². The van der Waals surface area contributed by atoms with Crippen molar-refractivity contribution in [3.63, 3.8) is 0 Å². The Morgan fingerprint density at radius 1 is 1.00 bits per heavy atom. The molecule has 0 bridgehead atoms. The molecule has 2 nitrogen and oxygen atoms in total. The van der Waals surface area contributed by atoms with Gasteiger partial charge in [0.15, 0.2) is 0 Å². The van der Waals surface area contributed by atoms with Crippen molar-refractivity contribution in [1.29, 1.82) is 0 Å². The van der Waals surface area contributed by atoms with E-state index in [1.807, 2.05) is 6.92 Å². The Labute approximate surface area is 131 Å². The standard InChI is InChI=1S/C19H34O2/c1-4-15(2)18(20)21-19(3,16-11-7-5-8-12-16)17-13-9-6-10-14-17/h15-17H,4-14H2,1-3H3. The number of rotatable bonds is 5. The van der Waals surface area contributed by atoms with Crippen LogP contribution in [0.15, 0.2) is 0 Å². The molecule has 122 valence electrons. The van der Waals surface area contributed by atoms with Crippen LogP contribution >= 0.6 is 0 Å². The van der Waals surface area contributed by atoms with Gasteiger partial charge in [-0.2, -0.15) is 0 Å².